The Labute approximate surface area is 169 Å². The molecule has 0 saturated heterocycles. The Kier molecular flexibility index (Phi) is 7.35. The van der Waals surface area contributed by atoms with Gasteiger partial charge in [0.1, 0.15) is 11.4 Å². The third kappa shape index (κ3) is 7.92. The van der Waals surface area contributed by atoms with Gasteiger partial charge in [-0.15, -0.1) is 0 Å². The van der Waals surface area contributed by atoms with Crippen molar-refractivity contribution in [2.75, 3.05) is 6.61 Å². The van der Waals surface area contributed by atoms with Crippen molar-refractivity contribution in [2.24, 2.45) is 0 Å². The van der Waals surface area contributed by atoms with Crippen molar-refractivity contribution in [1.82, 2.24) is 4.72 Å². The van der Waals surface area contributed by atoms with Gasteiger partial charge < -0.3 is 13.9 Å². The van der Waals surface area contributed by atoms with Crippen molar-refractivity contribution in [2.45, 2.75) is 37.8 Å². The fourth-order valence-corrected chi connectivity index (χ4v) is 3.13. The van der Waals surface area contributed by atoms with Gasteiger partial charge in [-0.3, -0.25) is 0 Å². The monoisotopic (exact) mass is 421 g/mol. The lowest BCUT2D eigenvalue weighted by atomic mass is 10.2. The second-order valence-corrected chi connectivity index (χ2v) is 8.77. The Morgan fingerprint density at radius 3 is 2.41 bits per heavy atom. The molecule has 156 valence electrons. The molecule has 0 radical (unpaired) electrons. The molecule has 0 aliphatic rings. The average Bonchev–Trinajstić information content (AvgIpc) is 3.16. The zero-order valence-electron chi connectivity index (χ0n) is 16.4. The Balaban J connectivity index is 1.87. The van der Waals surface area contributed by atoms with E-state index in [0.717, 1.165) is 6.08 Å². The topological polar surface area (TPSA) is 112 Å². The van der Waals surface area contributed by atoms with Crippen molar-refractivity contribution >= 4 is 28.0 Å². The molecule has 0 saturated carbocycles. The van der Waals surface area contributed by atoms with Gasteiger partial charge in [0.2, 0.25) is 10.0 Å². The maximum atomic E-state index is 12.3. The molecule has 0 aliphatic heterocycles. The first-order valence-corrected chi connectivity index (χ1v) is 10.2. The van der Waals surface area contributed by atoms with Gasteiger partial charge >= 0.3 is 11.9 Å². The molecule has 0 amide bonds. The molecule has 2 rings (SSSR count). The molecule has 2 aromatic rings. The molecule has 0 bridgehead atoms. The van der Waals surface area contributed by atoms with Crippen LogP contribution < -0.4 is 4.72 Å². The quantitative estimate of drug-likeness (QED) is 0.515. The van der Waals surface area contributed by atoms with Gasteiger partial charge in [-0.1, -0.05) is 12.1 Å². The van der Waals surface area contributed by atoms with Crippen molar-refractivity contribution in [3.63, 3.8) is 0 Å². The van der Waals surface area contributed by atoms with Crippen LogP contribution in [0.1, 0.15) is 32.1 Å². The SMILES string of the molecule is CC(C)(C)OC(=O)COC(=O)/C=C/c1ccc(S(=O)(=O)NCc2ccco2)cc1. The summed E-state index contributed by atoms with van der Waals surface area (Å²) in [6.45, 7) is 4.69. The summed E-state index contributed by atoms with van der Waals surface area (Å²) in [4.78, 5) is 23.3. The maximum absolute atomic E-state index is 12.3. The van der Waals surface area contributed by atoms with E-state index in [1.54, 1.807) is 45.0 Å². The number of furan rings is 1. The predicted octanol–water partition coefficient (Wildman–Crippen LogP) is 2.66. The fourth-order valence-electron chi connectivity index (χ4n) is 2.13. The summed E-state index contributed by atoms with van der Waals surface area (Å²) in [7, 11) is -3.69. The fraction of sp³-hybridized carbons (Fsp3) is 0.300. The van der Waals surface area contributed by atoms with E-state index in [-0.39, 0.29) is 11.4 Å². The standard InChI is InChI=1S/C20H23NO7S/c1-20(2,3)28-19(23)14-27-18(22)11-8-15-6-9-17(10-7-15)29(24,25)21-13-16-5-4-12-26-16/h4-12,21H,13-14H2,1-3H3/b11-8+. The normalized spacial score (nSPS) is 12.1. The van der Waals surface area contributed by atoms with E-state index in [1.165, 1.54) is 24.5 Å². The third-order valence-electron chi connectivity index (χ3n) is 3.37. The van der Waals surface area contributed by atoms with Crippen LogP contribution in [0.3, 0.4) is 0 Å². The highest BCUT2D eigenvalue weighted by Crippen LogP contribution is 2.13. The summed E-state index contributed by atoms with van der Waals surface area (Å²) in [5.41, 5.74) is -0.0713. The van der Waals surface area contributed by atoms with E-state index in [9.17, 15) is 18.0 Å². The molecule has 1 N–H and O–H groups in total. The number of hydrogen-bond acceptors (Lipinski definition) is 7. The van der Waals surface area contributed by atoms with E-state index >= 15 is 0 Å². The summed E-state index contributed by atoms with van der Waals surface area (Å²) in [6, 6.07) is 9.24. The minimum absolute atomic E-state index is 0.0421. The Morgan fingerprint density at radius 2 is 1.83 bits per heavy atom. The van der Waals surface area contributed by atoms with E-state index < -0.39 is 34.2 Å². The molecule has 1 aromatic carbocycles. The molecule has 29 heavy (non-hydrogen) atoms. The number of esters is 2. The van der Waals surface area contributed by atoms with Gasteiger partial charge in [-0.05, 0) is 56.7 Å². The van der Waals surface area contributed by atoms with Gasteiger partial charge in [0.25, 0.3) is 0 Å². The van der Waals surface area contributed by atoms with E-state index in [2.05, 4.69) is 4.72 Å². The van der Waals surface area contributed by atoms with Crippen molar-refractivity contribution in [3.05, 3.63) is 60.1 Å². The van der Waals surface area contributed by atoms with Gasteiger partial charge in [0.05, 0.1) is 17.7 Å². The Morgan fingerprint density at radius 1 is 1.14 bits per heavy atom. The number of ether oxygens (including phenoxy) is 2. The van der Waals surface area contributed by atoms with Crippen LogP contribution in [0.4, 0.5) is 0 Å². The molecule has 0 unspecified atom stereocenters. The van der Waals surface area contributed by atoms with E-state index in [0.29, 0.717) is 11.3 Å². The molecular weight excluding hydrogens is 398 g/mol. The molecule has 0 aliphatic carbocycles. The molecule has 0 fully saturated rings. The van der Waals surface area contributed by atoms with E-state index in [1.807, 2.05) is 0 Å². The maximum Gasteiger partial charge on any atom is 0.344 e. The lowest BCUT2D eigenvalue weighted by Crippen LogP contribution is -2.27. The van der Waals surface area contributed by atoms with Crippen LogP contribution >= 0.6 is 0 Å². The summed E-state index contributed by atoms with van der Waals surface area (Å²) in [5.74, 6) is -0.860. The number of benzene rings is 1. The number of nitrogens with one attached hydrogen (secondary N) is 1. The number of rotatable bonds is 8. The van der Waals surface area contributed by atoms with Crippen molar-refractivity contribution in [1.29, 1.82) is 0 Å². The summed E-state index contributed by atoms with van der Waals surface area (Å²) in [6.07, 6.45) is 4.05. The molecule has 9 heteroatoms. The Bertz CT molecular complexity index is 953. The van der Waals surface area contributed by atoms with Crippen molar-refractivity contribution < 1.29 is 31.9 Å². The molecule has 1 aromatic heterocycles. The van der Waals surface area contributed by atoms with Crippen LogP contribution in [0.2, 0.25) is 0 Å². The minimum atomic E-state index is -3.69. The second-order valence-electron chi connectivity index (χ2n) is 7.00. The average molecular weight is 421 g/mol. The highest BCUT2D eigenvalue weighted by Gasteiger charge is 2.17. The highest BCUT2D eigenvalue weighted by molar-refractivity contribution is 7.89. The highest BCUT2D eigenvalue weighted by atomic mass is 32.2. The first-order chi connectivity index (χ1) is 13.5. The largest absolute Gasteiger partial charge is 0.468 e. The molecular formula is C20H23NO7S. The number of carbonyl (C=O) groups is 2. The molecule has 0 spiro atoms. The minimum Gasteiger partial charge on any atom is -0.468 e. The van der Waals surface area contributed by atoms with Gasteiger partial charge in [0, 0.05) is 6.08 Å². The predicted molar refractivity (Wildman–Crippen MR) is 105 cm³/mol. The summed E-state index contributed by atoms with van der Waals surface area (Å²) >= 11 is 0. The first kappa shape index (κ1) is 22.4. The smallest absolute Gasteiger partial charge is 0.344 e. The molecule has 1 heterocycles. The Hall–Kier alpha value is -2.91. The number of sulfonamides is 1. The lowest BCUT2D eigenvalue weighted by molar-refractivity contribution is -0.164. The molecule has 0 atom stereocenters. The van der Waals surface area contributed by atoms with Gasteiger partial charge in [0.15, 0.2) is 6.61 Å². The number of hydrogen-bond donors (Lipinski definition) is 1. The summed E-state index contributed by atoms with van der Waals surface area (Å²) in [5, 5.41) is 0. The van der Waals surface area contributed by atoms with E-state index in [4.69, 9.17) is 13.9 Å². The van der Waals surface area contributed by atoms with Crippen LogP contribution in [0.5, 0.6) is 0 Å². The third-order valence-corrected chi connectivity index (χ3v) is 4.79. The zero-order chi connectivity index (χ0) is 21.5. The van der Waals surface area contributed by atoms with Crippen LogP contribution in [0.15, 0.2) is 58.1 Å². The van der Waals surface area contributed by atoms with Crippen LogP contribution in [-0.2, 0) is 35.6 Å². The van der Waals surface area contributed by atoms with Gasteiger partial charge in [-0.25, -0.2) is 22.7 Å². The molecule has 8 nitrogen and oxygen atoms in total. The lowest BCUT2D eigenvalue weighted by Gasteiger charge is -2.19. The van der Waals surface area contributed by atoms with Crippen LogP contribution in [0.25, 0.3) is 6.08 Å². The van der Waals surface area contributed by atoms with Gasteiger partial charge in [-0.2, -0.15) is 0 Å². The second kappa shape index (κ2) is 9.53. The zero-order valence-corrected chi connectivity index (χ0v) is 17.2. The summed E-state index contributed by atoms with van der Waals surface area (Å²) < 4.78 is 41.9. The van der Waals surface area contributed by atoms with Crippen LogP contribution in [0, 0.1) is 0 Å². The van der Waals surface area contributed by atoms with Crippen molar-refractivity contribution in [3.8, 4) is 0 Å². The number of carbonyl (C=O) groups excluding carboxylic acids is 2. The van der Waals surface area contributed by atoms with Crippen LogP contribution in [-0.4, -0.2) is 32.6 Å². The first-order valence-electron chi connectivity index (χ1n) is 8.74.